The first-order valence-corrected chi connectivity index (χ1v) is 4.23. The molecule has 0 saturated carbocycles. The van der Waals surface area contributed by atoms with Crippen LogP contribution in [0, 0.1) is 0 Å². The van der Waals surface area contributed by atoms with Crippen LogP contribution in [0.3, 0.4) is 0 Å². The molecule has 0 radical (unpaired) electrons. The second-order valence-corrected chi connectivity index (χ2v) is 2.92. The lowest BCUT2D eigenvalue weighted by Crippen LogP contribution is -2.09. The van der Waals surface area contributed by atoms with E-state index in [9.17, 15) is 13.6 Å². The summed E-state index contributed by atoms with van der Waals surface area (Å²) in [6.45, 7) is -0.0416. The van der Waals surface area contributed by atoms with E-state index in [2.05, 4.69) is 4.98 Å². The molecule has 1 aromatic rings. The van der Waals surface area contributed by atoms with E-state index < -0.39 is 18.1 Å². The molecule has 3 N–H and O–H groups in total. The van der Waals surface area contributed by atoms with Gasteiger partial charge in [0.25, 0.3) is 6.43 Å². The molecule has 4 nitrogen and oxygen atoms in total. The second kappa shape index (κ2) is 4.79. The topological polar surface area (TPSA) is 76.2 Å². The molecule has 0 saturated heterocycles. The third-order valence-corrected chi connectivity index (χ3v) is 1.83. The van der Waals surface area contributed by atoms with Crippen LogP contribution in [0.5, 0.6) is 0 Å². The highest BCUT2D eigenvalue weighted by atomic mass is 19.3. The third-order valence-electron chi connectivity index (χ3n) is 1.83. The van der Waals surface area contributed by atoms with Crippen LogP contribution in [0.4, 0.5) is 8.78 Å². The lowest BCUT2D eigenvalue weighted by Gasteiger charge is -2.07. The Kier molecular flexibility index (Phi) is 3.68. The normalized spacial score (nSPS) is 10.7. The SMILES string of the molecule is NCc1ccc(CC(=O)O)nc1C(F)F. The fourth-order valence-electron chi connectivity index (χ4n) is 1.16. The average Bonchev–Trinajstić information content (AvgIpc) is 2.16. The van der Waals surface area contributed by atoms with E-state index in [4.69, 9.17) is 10.8 Å². The van der Waals surface area contributed by atoms with Crippen molar-refractivity contribution in [2.75, 3.05) is 0 Å². The smallest absolute Gasteiger partial charge is 0.309 e. The molecule has 0 aliphatic heterocycles. The number of aromatic nitrogens is 1. The summed E-state index contributed by atoms with van der Waals surface area (Å²) < 4.78 is 24.9. The van der Waals surface area contributed by atoms with Gasteiger partial charge >= 0.3 is 5.97 Å². The number of hydrogen-bond donors (Lipinski definition) is 2. The van der Waals surface area contributed by atoms with Crippen molar-refractivity contribution in [2.45, 2.75) is 19.4 Å². The Morgan fingerprint density at radius 1 is 1.53 bits per heavy atom. The fourth-order valence-corrected chi connectivity index (χ4v) is 1.16. The van der Waals surface area contributed by atoms with Crippen molar-refractivity contribution in [1.82, 2.24) is 4.98 Å². The zero-order valence-electron chi connectivity index (χ0n) is 7.78. The van der Waals surface area contributed by atoms with E-state index in [0.29, 0.717) is 0 Å². The summed E-state index contributed by atoms with van der Waals surface area (Å²) in [4.78, 5) is 13.9. The number of alkyl halides is 2. The van der Waals surface area contributed by atoms with Gasteiger partial charge in [-0.3, -0.25) is 9.78 Å². The number of carboxylic acids is 1. The molecule has 1 heterocycles. The van der Waals surface area contributed by atoms with Crippen LogP contribution in [-0.2, 0) is 17.8 Å². The summed E-state index contributed by atoms with van der Waals surface area (Å²) in [7, 11) is 0. The summed E-state index contributed by atoms with van der Waals surface area (Å²) in [6, 6.07) is 2.77. The predicted molar refractivity (Wildman–Crippen MR) is 48.4 cm³/mol. The molecule has 0 bridgehead atoms. The minimum atomic E-state index is -2.74. The third kappa shape index (κ3) is 2.95. The first kappa shape index (κ1) is 11.5. The average molecular weight is 216 g/mol. The first-order valence-electron chi connectivity index (χ1n) is 4.23. The van der Waals surface area contributed by atoms with Crippen LogP contribution < -0.4 is 5.73 Å². The number of halogens is 2. The number of carboxylic acid groups (broad SMARTS) is 1. The number of rotatable bonds is 4. The Labute approximate surface area is 84.7 Å². The van der Waals surface area contributed by atoms with E-state index in [1.807, 2.05) is 0 Å². The van der Waals surface area contributed by atoms with Gasteiger partial charge in [-0.15, -0.1) is 0 Å². The van der Waals surface area contributed by atoms with Gasteiger partial charge in [0, 0.05) is 6.54 Å². The zero-order chi connectivity index (χ0) is 11.4. The molecule has 82 valence electrons. The molecule has 0 spiro atoms. The lowest BCUT2D eigenvalue weighted by molar-refractivity contribution is -0.136. The molecule has 0 unspecified atom stereocenters. The maximum Gasteiger partial charge on any atom is 0.309 e. The minimum absolute atomic E-state index is 0.0416. The van der Waals surface area contributed by atoms with Crippen molar-refractivity contribution in [3.63, 3.8) is 0 Å². The lowest BCUT2D eigenvalue weighted by atomic mass is 10.1. The minimum Gasteiger partial charge on any atom is -0.481 e. The van der Waals surface area contributed by atoms with Gasteiger partial charge in [-0.1, -0.05) is 6.07 Å². The van der Waals surface area contributed by atoms with E-state index in [1.54, 1.807) is 0 Å². The van der Waals surface area contributed by atoms with Gasteiger partial charge in [0.2, 0.25) is 0 Å². The molecule has 0 amide bonds. The second-order valence-electron chi connectivity index (χ2n) is 2.92. The van der Waals surface area contributed by atoms with Gasteiger partial charge in [-0.25, -0.2) is 8.78 Å². The summed E-state index contributed by atoms with van der Waals surface area (Å²) in [5, 5.41) is 8.47. The first-order chi connectivity index (χ1) is 7.04. The Hall–Kier alpha value is -1.56. The zero-order valence-corrected chi connectivity index (χ0v) is 7.78. The summed E-state index contributed by atoms with van der Waals surface area (Å²) in [5.41, 5.74) is 5.16. The van der Waals surface area contributed by atoms with E-state index in [1.165, 1.54) is 12.1 Å². The van der Waals surface area contributed by atoms with Crippen molar-refractivity contribution < 1.29 is 18.7 Å². The fraction of sp³-hybridized carbons (Fsp3) is 0.333. The van der Waals surface area contributed by atoms with Crippen molar-refractivity contribution in [3.05, 3.63) is 29.1 Å². The summed E-state index contributed by atoms with van der Waals surface area (Å²) in [5.74, 6) is -1.11. The highest BCUT2D eigenvalue weighted by molar-refractivity contribution is 5.69. The van der Waals surface area contributed by atoms with E-state index >= 15 is 0 Å². The van der Waals surface area contributed by atoms with Crippen molar-refractivity contribution >= 4 is 5.97 Å². The molecular formula is C9H10F2N2O2. The maximum atomic E-state index is 12.5. The highest BCUT2D eigenvalue weighted by Crippen LogP contribution is 2.21. The van der Waals surface area contributed by atoms with Gasteiger partial charge in [-0.05, 0) is 11.6 Å². The van der Waals surface area contributed by atoms with Crippen molar-refractivity contribution in [3.8, 4) is 0 Å². The van der Waals surface area contributed by atoms with Crippen LogP contribution in [0.1, 0.15) is 23.4 Å². The van der Waals surface area contributed by atoms with Gasteiger partial charge < -0.3 is 10.8 Å². The Balaban J connectivity index is 3.04. The molecule has 0 aliphatic carbocycles. The largest absolute Gasteiger partial charge is 0.481 e. The van der Waals surface area contributed by atoms with Crippen LogP contribution in [0.25, 0.3) is 0 Å². The monoisotopic (exact) mass is 216 g/mol. The number of nitrogens with zero attached hydrogens (tertiary/aromatic N) is 1. The number of aliphatic carboxylic acids is 1. The molecule has 0 atom stereocenters. The van der Waals surface area contributed by atoms with Gasteiger partial charge in [0.05, 0.1) is 12.1 Å². The molecule has 0 aliphatic rings. The van der Waals surface area contributed by atoms with Crippen LogP contribution in [0.2, 0.25) is 0 Å². The van der Waals surface area contributed by atoms with Crippen molar-refractivity contribution in [1.29, 1.82) is 0 Å². The Morgan fingerprint density at radius 2 is 2.20 bits per heavy atom. The number of hydrogen-bond acceptors (Lipinski definition) is 3. The Morgan fingerprint density at radius 3 is 2.67 bits per heavy atom. The molecule has 0 aromatic carbocycles. The molecule has 1 aromatic heterocycles. The van der Waals surface area contributed by atoms with Crippen LogP contribution >= 0.6 is 0 Å². The predicted octanol–water partition coefficient (Wildman–Crippen LogP) is 1.10. The molecule has 6 heteroatoms. The molecular weight excluding hydrogens is 206 g/mol. The quantitative estimate of drug-likeness (QED) is 0.790. The summed E-state index contributed by atoms with van der Waals surface area (Å²) >= 11 is 0. The standard InChI is InChI=1S/C9H10F2N2O2/c10-9(11)8-5(4-12)1-2-6(13-8)3-7(14)15/h1-2,9H,3-4,12H2,(H,14,15). The van der Waals surface area contributed by atoms with Gasteiger partial charge in [-0.2, -0.15) is 0 Å². The number of nitrogens with two attached hydrogens (primary N) is 1. The van der Waals surface area contributed by atoms with Crippen molar-refractivity contribution in [2.24, 2.45) is 5.73 Å². The summed E-state index contributed by atoms with van der Waals surface area (Å²) in [6.07, 6.45) is -3.11. The molecule has 15 heavy (non-hydrogen) atoms. The van der Waals surface area contributed by atoms with Crippen LogP contribution in [-0.4, -0.2) is 16.1 Å². The van der Waals surface area contributed by atoms with Crippen LogP contribution in [0.15, 0.2) is 12.1 Å². The van der Waals surface area contributed by atoms with Gasteiger partial charge in [0.15, 0.2) is 0 Å². The van der Waals surface area contributed by atoms with E-state index in [0.717, 1.165) is 0 Å². The van der Waals surface area contributed by atoms with E-state index in [-0.39, 0.29) is 24.2 Å². The number of pyridine rings is 1. The highest BCUT2D eigenvalue weighted by Gasteiger charge is 2.15. The Bertz CT molecular complexity index is 369. The molecule has 1 rings (SSSR count). The number of carbonyl (C=O) groups is 1. The molecule has 0 fully saturated rings. The maximum absolute atomic E-state index is 12.5. The van der Waals surface area contributed by atoms with Gasteiger partial charge in [0.1, 0.15) is 5.69 Å².